The van der Waals surface area contributed by atoms with Crippen molar-refractivity contribution in [2.75, 3.05) is 26.2 Å². The molecule has 0 radical (unpaired) electrons. The summed E-state index contributed by atoms with van der Waals surface area (Å²) in [6.45, 7) is 5.72. The van der Waals surface area contributed by atoms with Crippen molar-refractivity contribution in [1.29, 1.82) is 0 Å². The Kier molecular flexibility index (Phi) is 5.83. The van der Waals surface area contributed by atoms with Gasteiger partial charge in [0.25, 0.3) is 0 Å². The Morgan fingerprint density at radius 1 is 1.08 bits per heavy atom. The van der Waals surface area contributed by atoms with Crippen LogP contribution in [0.15, 0.2) is 42.5 Å². The van der Waals surface area contributed by atoms with Gasteiger partial charge in [0.2, 0.25) is 0 Å². The lowest BCUT2D eigenvalue weighted by atomic mass is 10.1. The summed E-state index contributed by atoms with van der Waals surface area (Å²) in [5.74, 6) is -1.03. The van der Waals surface area contributed by atoms with Crippen molar-refractivity contribution in [3.05, 3.63) is 70.8 Å². The molecule has 2 aromatic rings. The average molecular weight is 359 g/mol. The zero-order valence-corrected chi connectivity index (χ0v) is 14.8. The zero-order valence-electron chi connectivity index (χ0n) is 14.8. The fraction of sp³-hybridized carbons (Fsp3) is 0.350. The van der Waals surface area contributed by atoms with Gasteiger partial charge in [0, 0.05) is 44.8 Å². The van der Waals surface area contributed by atoms with Gasteiger partial charge < -0.3 is 10.2 Å². The lowest BCUT2D eigenvalue weighted by Gasteiger charge is -2.34. The van der Waals surface area contributed by atoms with Gasteiger partial charge in [-0.15, -0.1) is 0 Å². The van der Waals surface area contributed by atoms with Crippen LogP contribution in [-0.4, -0.2) is 42.0 Å². The van der Waals surface area contributed by atoms with E-state index in [0.29, 0.717) is 13.1 Å². The number of rotatable bonds is 4. The minimum absolute atomic E-state index is 0.0219. The quantitative estimate of drug-likeness (QED) is 0.909. The third-order valence-corrected chi connectivity index (χ3v) is 4.59. The molecule has 0 bridgehead atoms. The number of benzene rings is 2. The molecule has 6 heteroatoms. The van der Waals surface area contributed by atoms with E-state index in [4.69, 9.17) is 0 Å². The Hall–Kier alpha value is -2.47. The van der Waals surface area contributed by atoms with Crippen molar-refractivity contribution in [2.24, 2.45) is 0 Å². The maximum Gasteiger partial charge on any atom is 0.317 e. The Bertz CT molecular complexity index is 773. The number of carbonyl (C=O) groups is 1. The second kappa shape index (κ2) is 8.27. The Morgan fingerprint density at radius 3 is 2.58 bits per heavy atom. The summed E-state index contributed by atoms with van der Waals surface area (Å²) in [5, 5.41) is 2.67. The number of hydrogen-bond donors (Lipinski definition) is 1. The van der Waals surface area contributed by atoms with Crippen molar-refractivity contribution in [3.8, 4) is 0 Å². The number of hydrogen-bond acceptors (Lipinski definition) is 2. The van der Waals surface area contributed by atoms with Gasteiger partial charge >= 0.3 is 6.03 Å². The molecule has 2 amide bonds. The average Bonchev–Trinajstić information content (AvgIpc) is 2.63. The van der Waals surface area contributed by atoms with Crippen LogP contribution in [-0.2, 0) is 13.1 Å². The highest BCUT2D eigenvalue weighted by Gasteiger charge is 2.21. The first-order valence-electron chi connectivity index (χ1n) is 8.76. The molecule has 1 aliphatic rings. The first kappa shape index (κ1) is 18.3. The fourth-order valence-corrected chi connectivity index (χ4v) is 3.14. The van der Waals surface area contributed by atoms with E-state index in [-0.39, 0.29) is 18.1 Å². The number of nitrogens with one attached hydrogen (secondary N) is 1. The highest BCUT2D eigenvalue weighted by molar-refractivity contribution is 5.74. The van der Waals surface area contributed by atoms with E-state index in [1.807, 2.05) is 0 Å². The first-order valence-corrected chi connectivity index (χ1v) is 8.76. The highest BCUT2D eigenvalue weighted by Crippen LogP contribution is 2.12. The lowest BCUT2D eigenvalue weighted by molar-refractivity contribution is 0.135. The van der Waals surface area contributed by atoms with Gasteiger partial charge in [0.15, 0.2) is 0 Å². The summed E-state index contributed by atoms with van der Waals surface area (Å²) >= 11 is 0. The molecule has 1 N–H and O–H groups in total. The van der Waals surface area contributed by atoms with Gasteiger partial charge in [-0.1, -0.05) is 29.8 Å². The van der Waals surface area contributed by atoms with Crippen LogP contribution in [0.2, 0.25) is 0 Å². The number of amides is 2. The minimum atomic E-state index is -0.519. The molecular formula is C20H23F2N3O. The number of halogens is 2. The number of nitrogens with zero attached hydrogens (tertiary/aromatic N) is 2. The van der Waals surface area contributed by atoms with Crippen molar-refractivity contribution in [1.82, 2.24) is 15.1 Å². The molecule has 0 atom stereocenters. The molecule has 1 fully saturated rings. The van der Waals surface area contributed by atoms with Gasteiger partial charge in [-0.2, -0.15) is 0 Å². The molecule has 0 saturated carbocycles. The fourth-order valence-electron chi connectivity index (χ4n) is 3.14. The van der Waals surface area contributed by atoms with E-state index in [1.165, 1.54) is 11.1 Å². The molecule has 0 aliphatic carbocycles. The molecule has 0 spiro atoms. The number of carbonyl (C=O) groups excluding carboxylic acids is 1. The highest BCUT2D eigenvalue weighted by atomic mass is 19.1. The molecule has 138 valence electrons. The van der Waals surface area contributed by atoms with E-state index in [1.54, 1.807) is 4.90 Å². The topological polar surface area (TPSA) is 35.6 Å². The zero-order chi connectivity index (χ0) is 18.5. The Morgan fingerprint density at radius 2 is 1.85 bits per heavy atom. The summed E-state index contributed by atoms with van der Waals surface area (Å²) in [5.41, 5.74) is 2.66. The smallest absolute Gasteiger partial charge is 0.317 e. The number of aryl methyl sites for hydroxylation is 1. The van der Waals surface area contributed by atoms with Crippen molar-refractivity contribution in [3.63, 3.8) is 0 Å². The lowest BCUT2D eigenvalue weighted by Crippen LogP contribution is -2.51. The van der Waals surface area contributed by atoms with Crippen LogP contribution in [0.25, 0.3) is 0 Å². The van der Waals surface area contributed by atoms with Gasteiger partial charge in [-0.3, -0.25) is 4.90 Å². The molecule has 1 heterocycles. The molecule has 4 nitrogen and oxygen atoms in total. The molecule has 26 heavy (non-hydrogen) atoms. The Labute approximate surface area is 152 Å². The molecule has 2 aromatic carbocycles. The molecule has 1 saturated heterocycles. The summed E-state index contributed by atoms with van der Waals surface area (Å²) in [6, 6.07) is 11.4. The summed E-state index contributed by atoms with van der Waals surface area (Å²) in [7, 11) is 0. The summed E-state index contributed by atoms with van der Waals surface area (Å²) in [4.78, 5) is 16.3. The Balaban J connectivity index is 1.47. The third-order valence-electron chi connectivity index (χ3n) is 4.59. The van der Waals surface area contributed by atoms with E-state index in [0.717, 1.165) is 37.8 Å². The molecule has 3 rings (SSSR count). The van der Waals surface area contributed by atoms with Crippen molar-refractivity contribution in [2.45, 2.75) is 20.0 Å². The van der Waals surface area contributed by atoms with Gasteiger partial charge in [-0.25, -0.2) is 13.6 Å². The predicted octanol–water partition coefficient (Wildman–Crippen LogP) is 3.30. The largest absolute Gasteiger partial charge is 0.334 e. The minimum Gasteiger partial charge on any atom is -0.334 e. The normalized spacial score (nSPS) is 15.1. The van der Waals surface area contributed by atoms with Crippen LogP contribution in [0.4, 0.5) is 13.6 Å². The standard InChI is InChI=1S/C20H23F2N3O/c1-15-3-2-4-16(11-15)14-24-7-9-25(10-8-24)20(26)23-13-17-12-18(21)5-6-19(17)22/h2-6,11-12H,7-10,13-14H2,1H3,(H,23,26). The number of urea groups is 1. The predicted molar refractivity (Wildman–Crippen MR) is 96.6 cm³/mol. The second-order valence-corrected chi connectivity index (χ2v) is 6.65. The third kappa shape index (κ3) is 4.79. The van der Waals surface area contributed by atoms with Crippen molar-refractivity contribution < 1.29 is 13.6 Å². The SMILES string of the molecule is Cc1cccc(CN2CCN(C(=O)NCc3cc(F)ccc3F)CC2)c1. The van der Waals surface area contributed by atoms with Crippen LogP contribution < -0.4 is 5.32 Å². The van der Waals surface area contributed by atoms with Gasteiger partial charge in [0.1, 0.15) is 11.6 Å². The summed E-state index contributed by atoms with van der Waals surface area (Å²) < 4.78 is 26.8. The second-order valence-electron chi connectivity index (χ2n) is 6.65. The van der Waals surface area contributed by atoms with Crippen LogP contribution in [0, 0.1) is 18.6 Å². The maximum atomic E-state index is 13.6. The van der Waals surface area contributed by atoms with E-state index < -0.39 is 11.6 Å². The van der Waals surface area contributed by atoms with Gasteiger partial charge in [-0.05, 0) is 30.7 Å². The van der Waals surface area contributed by atoms with Crippen LogP contribution in [0.3, 0.4) is 0 Å². The monoisotopic (exact) mass is 359 g/mol. The van der Waals surface area contributed by atoms with Crippen LogP contribution >= 0.6 is 0 Å². The molecule has 1 aliphatic heterocycles. The van der Waals surface area contributed by atoms with E-state index in [2.05, 4.69) is 41.4 Å². The van der Waals surface area contributed by atoms with Crippen LogP contribution in [0.1, 0.15) is 16.7 Å². The van der Waals surface area contributed by atoms with E-state index >= 15 is 0 Å². The molecular weight excluding hydrogens is 336 g/mol. The maximum absolute atomic E-state index is 13.6. The first-order chi connectivity index (χ1) is 12.5. The molecule has 0 aromatic heterocycles. The van der Waals surface area contributed by atoms with Crippen LogP contribution in [0.5, 0.6) is 0 Å². The number of piperazine rings is 1. The van der Waals surface area contributed by atoms with Gasteiger partial charge in [0.05, 0.1) is 0 Å². The van der Waals surface area contributed by atoms with E-state index in [9.17, 15) is 13.6 Å². The van der Waals surface area contributed by atoms with Crippen molar-refractivity contribution >= 4 is 6.03 Å². The molecule has 0 unspecified atom stereocenters. The summed E-state index contributed by atoms with van der Waals surface area (Å²) in [6.07, 6.45) is 0.